The average molecular weight is 662 g/mol. The maximum atomic E-state index is 5.39. The monoisotopic (exact) mass is 661 g/mol. The van der Waals surface area contributed by atoms with Gasteiger partial charge < -0.3 is 0 Å². The van der Waals surface area contributed by atoms with Gasteiger partial charge in [-0.25, -0.2) is 15.0 Å². The SMILES string of the molecule is c1ccc(-c2nc(-c3ccccc3-c3ccccc3)nc(-c3c4ccccc4c(-c4ccc5ccccc5c4)c4c3ccc3ccccc34)n2)cc1. The van der Waals surface area contributed by atoms with Crippen LogP contribution in [0.4, 0.5) is 0 Å². The van der Waals surface area contributed by atoms with Gasteiger partial charge in [-0.1, -0.05) is 182 Å². The molecule has 10 aromatic rings. The summed E-state index contributed by atoms with van der Waals surface area (Å²) in [6.07, 6.45) is 0. The second kappa shape index (κ2) is 12.4. The smallest absolute Gasteiger partial charge is 0.165 e. The van der Waals surface area contributed by atoms with Gasteiger partial charge in [0.15, 0.2) is 17.5 Å². The zero-order valence-electron chi connectivity index (χ0n) is 28.2. The fourth-order valence-electron chi connectivity index (χ4n) is 7.71. The molecule has 9 aromatic carbocycles. The van der Waals surface area contributed by atoms with Gasteiger partial charge in [0.25, 0.3) is 0 Å². The number of rotatable bonds is 5. The largest absolute Gasteiger partial charge is 0.208 e. The lowest BCUT2D eigenvalue weighted by Gasteiger charge is -2.19. The number of nitrogens with zero attached hydrogens (tertiary/aromatic N) is 3. The van der Waals surface area contributed by atoms with Gasteiger partial charge in [-0.15, -0.1) is 0 Å². The third-order valence-electron chi connectivity index (χ3n) is 10.1. The third kappa shape index (κ3) is 5.02. The van der Waals surface area contributed by atoms with Crippen molar-refractivity contribution in [1.82, 2.24) is 15.0 Å². The van der Waals surface area contributed by atoms with E-state index in [-0.39, 0.29) is 0 Å². The van der Waals surface area contributed by atoms with Gasteiger partial charge in [0.1, 0.15) is 0 Å². The van der Waals surface area contributed by atoms with Gasteiger partial charge in [0, 0.05) is 16.7 Å². The van der Waals surface area contributed by atoms with E-state index < -0.39 is 0 Å². The minimum absolute atomic E-state index is 0.639. The molecule has 0 unspecified atom stereocenters. The van der Waals surface area contributed by atoms with Crippen LogP contribution >= 0.6 is 0 Å². The Morgan fingerprint density at radius 3 is 1.58 bits per heavy atom. The van der Waals surface area contributed by atoms with Crippen molar-refractivity contribution in [3.8, 4) is 56.4 Å². The number of aromatic nitrogens is 3. The molecule has 1 heterocycles. The Bertz CT molecular complexity index is 2950. The Kier molecular flexibility index (Phi) is 7.14. The first-order valence-electron chi connectivity index (χ1n) is 17.6. The maximum Gasteiger partial charge on any atom is 0.165 e. The highest BCUT2D eigenvalue weighted by Gasteiger charge is 2.22. The van der Waals surface area contributed by atoms with Crippen LogP contribution in [-0.4, -0.2) is 15.0 Å². The summed E-state index contributed by atoms with van der Waals surface area (Å²) >= 11 is 0. The molecule has 0 amide bonds. The van der Waals surface area contributed by atoms with Crippen LogP contribution in [-0.2, 0) is 0 Å². The molecule has 0 aliphatic carbocycles. The van der Waals surface area contributed by atoms with Crippen molar-refractivity contribution < 1.29 is 0 Å². The fourth-order valence-corrected chi connectivity index (χ4v) is 7.71. The molecular weight excluding hydrogens is 631 g/mol. The zero-order valence-corrected chi connectivity index (χ0v) is 28.2. The summed E-state index contributed by atoms with van der Waals surface area (Å²) in [4.78, 5) is 15.9. The highest BCUT2D eigenvalue weighted by Crippen LogP contribution is 2.46. The standard InChI is InChI=1S/C49H31N3/c1-3-16-33(17-4-1)38-22-11-14-26-42(38)48-50-47(35-19-5-2-6-20-35)51-49(52-48)46-41-25-13-12-24-40(41)44(37-28-27-32-15-7-8-21-36(32)31-37)45-39-23-10-9-18-34(39)29-30-43(45)46/h1-31H. The van der Waals surface area contributed by atoms with Crippen LogP contribution in [0.15, 0.2) is 188 Å². The number of fused-ring (bicyclic) bond motifs is 5. The van der Waals surface area contributed by atoms with Crippen molar-refractivity contribution in [1.29, 1.82) is 0 Å². The Labute approximate surface area is 301 Å². The molecule has 0 saturated carbocycles. The Hall–Kier alpha value is -6.97. The molecular formula is C49H31N3. The predicted molar refractivity (Wildman–Crippen MR) is 217 cm³/mol. The molecule has 3 heteroatoms. The zero-order chi connectivity index (χ0) is 34.4. The van der Waals surface area contributed by atoms with Crippen molar-refractivity contribution in [2.24, 2.45) is 0 Å². The van der Waals surface area contributed by atoms with Crippen molar-refractivity contribution in [3.63, 3.8) is 0 Å². The molecule has 0 aliphatic heterocycles. The summed E-state index contributed by atoms with van der Waals surface area (Å²) in [6, 6.07) is 66.4. The van der Waals surface area contributed by atoms with Crippen LogP contribution in [0.1, 0.15) is 0 Å². The van der Waals surface area contributed by atoms with Gasteiger partial charge in [0.2, 0.25) is 0 Å². The lowest BCUT2D eigenvalue weighted by molar-refractivity contribution is 1.08. The Morgan fingerprint density at radius 1 is 0.269 bits per heavy atom. The first-order chi connectivity index (χ1) is 25.8. The number of benzene rings is 9. The molecule has 1 aromatic heterocycles. The third-order valence-corrected chi connectivity index (χ3v) is 10.1. The summed E-state index contributed by atoms with van der Waals surface area (Å²) in [7, 11) is 0. The van der Waals surface area contributed by atoms with Gasteiger partial charge in [-0.3, -0.25) is 0 Å². The topological polar surface area (TPSA) is 38.7 Å². The Balaban J connectivity index is 1.33. The highest BCUT2D eigenvalue weighted by atomic mass is 15.0. The van der Waals surface area contributed by atoms with Crippen LogP contribution in [0, 0.1) is 0 Å². The minimum Gasteiger partial charge on any atom is -0.208 e. The molecule has 0 aliphatic rings. The van der Waals surface area contributed by atoms with Gasteiger partial charge in [0.05, 0.1) is 0 Å². The second-order valence-electron chi connectivity index (χ2n) is 13.2. The highest BCUT2D eigenvalue weighted by molar-refractivity contribution is 6.27. The number of hydrogen-bond acceptors (Lipinski definition) is 3. The normalized spacial score (nSPS) is 11.5. The molecule has 0 saturated heterocycles. The second-order valence-corrected chi connectivity index (χ2v) is 13.2. The minimum atomic E-state index is 0.639. The first-order valence-corrected chi connectivity index (χ1v) is 17.6. The molecule has 0 atom stereocenters. The number of hydrogen-bond donors (Lipinski definition) is 0. The molecule has 52 heavy (non-hydrogen) atoms. The van der Waals surface area contributed by atoms with Crippen molar-refractivity contribution >= 4 is 43.1 Å². The lowest BCUT2D eigenvalue weighted by atomic mass is 9.85. The Morgan fingerprint density at radius 2 is 0.808 bits per heavy atom. The fraction of sp³-hybridized carbons (Fsp3) is 0. The maximum absolute atomic E-state index is 5.39. The summed E-state index contributed by atoms with van der Waals surface area (Å²) in [6.45, 7) is 0. The van der Waals surface area contributed by atoms with Gasteiger partial charge in [-0.2, -0.15) is 0 Å². The summed E-state index contributed by atoms with van der Waals surface area (Å²) < 4.78 is 0. The van der Waals surface area contributed by atoms with Crippen LogP contribution in [0.25, 0.3) is 99.5 Å². The van der Waals surface area contributed by atoms with E-state index >= 15 is 0 Å². The van der Waals surface area contributed by atoms with E-state index in [4.69, 9.17) is 15.0 Å². The van der Waals surface area contributed by atoms with Crippen LogP contribution in [0.3, 0.4) is 0 Å². The van der Waals surface area contributed by atoms with E-state index in [9.17, 15) is 0 Å². The summed E-state index contributed by atoms with van der Waals surface area (Å²) in [5.41, 5.74) is 7.48. The van der Waals surface area contributed by atoms with E-state index in [2.05, 4.69) is 164 Å². The van der Waals surface area contributed by atoms with E-state index in [1.54, 1.807) is 0 Å². The average Bonchev–Trinajstić information content (AvgIpc) is 3.23. The van der Waals surface area contributed by atoms with Crippen LogP contribution in [0.2, 0.25) is 0 Å². The van der Waals surface area contributed by atoms with E-state index in [1.165, 1.54) is 38.1 Å². The van der Waals surface area contributed by atoms with Crippen LogP contribution in [0.5, 0.6) is 0 Å². The van der Waals surface area contributed by atoms with Crippen molar-refractivity contribution in [3.05, 3.63) is 188 Å². The molecule has 0 spiro atoms. The van der Waals surface area contributed by atoms with E-state index in [1.807, 2.05) is 24.3 Å². The van der Waals surface area contributed by atoms with Crippen LogP contribution < -0.4 is 0 Å². The van der Waals surface area contributed by atoms with Crippen molar-refractivity contribution in [2.45, 2.75) is 0 Å². The van der Waals surface area contributed by atoms with E-state index in [0.717, 1.165) is 44.0 Å². The molecule has 0 N–H and O–H groups in total. The molecule has 0 bridgehead atoms. The molecule has 0 fully saturated rings. The summed E-state index contributed by atoms with van der Waals surface area (Å²) in [5.74, 6) is 1.92. The molecule has 242 valence electrons. The molecule has 3 nitrogen and oxygen atoms in total. The summed E-state index contributed by atoms with van der Waals surface area (Å²) in [5, 5.41) is 9.38. The predicted octanol–water partition coefficient (Wildman–Crippen LogP) is 12.8. The quantitative estimate of drug-likeness (QED) is 0.136. The van der Waals surface area contributed by atoms with E-state index in [0.29, 0.717) is 17.5 Å². The van der Waals surface area contributed by atoms with Gasteiger partial charge >= 0.3 is 0 Å². The first kappa shape index (κ1) is 29.9. The lowest BCUT2D eigenvalue weighted by Crippen LogP contribution is -2.02. The van der Waals surface area contributed by atoms with Crippen molar-refractivity contribution in [2.75, 3.05) is 0 Å². The molecule has 10 rings (SSSR count). The van der Waals surface area contributed by atoms with Gasteiger partial charge in [-0.05, 0) is 71.4 Å². The molecule has 0 radical (unpaired) electrons.